The monoisotopic (exact) mass is 341 g/mol. The molecule has 1 heterocycles. The van der Waals surface area contributed by atoms with E-state index in [4.69, 9.17) is 5.41 Å². The molecule has 3 N–H and O–H groups in total. The molecule has 0 fully saturated rings. The first kappa shape index (κ1) is 17.1. The van der Waals surface area contributed by atoms with Gasteiger partial charge >= 0.3 is 6.18 Å². The molecule has 122 valence electrons. The fourth-order valence-electron chi connectivity index (χ4n) is 1.95. The van der Waals surface area contributed by atoms with Gasteiger partial charge in [-0.15, -0.1) is 0 Å². The first-order valence-electron chi connectivity index (χ1n) is 6.47. The SMILES string of the molecule is CSNc1cccc(Nc2ncc(C(F)(F)F)c(C)n2)c1C=N. The lowest BCUT2D eigenvalue weighted by molar-refractivity contribution is -0.138. The quantitative estimate of drug-likeness (QED) is 0.560. The molecule has 0 aliphatic rings. The van der Waals surface area contributed by atoms with Gasteiger partial charge in [-0.25, -0.2) is 9.97 Å². The molecule has 0 saturated heterocycles. The van der Waals surface area contributed by atoms with E-state index >= 15 is 0 Å². The highest BCUT2D eigenvalue weighted by Crippen LogP contribution is 2.31. The molecular formula is C14H14F3N5S. The molecule has 0 amide bonds. The second-order valence-electron chi connectivity index (χ2n) is 4.53. The highest BCUT2D eigenvalue weighted by Gasteiger charge is 2.33. The van der Waals surface area contributed by atoms with Crippen molar-refractivity contribution in [3.05, 3.63) is 41.2 Å². The first-order valence-corrected chi connectivity index (χ1v) is 7.69. The Kier molecular flexibility index (Phi) is 5.09. The number of aryl methyl sites for hydroxylation is 1. The number of halogens is 3. The van der Waals surface area contributed by atoms with E-state index in [0.29, 0.717) is 16.9 Å². The lowest BCUT2D eigenvalue weighted by Crippen LogP contribution is -2.11. The van der Waals surface area contributed by atoms with E-state index in [1.54, 1.807) is 18.2 Å². The Morgan fingerprint density at radius 3 is 2.52 bits per heavy atom. The van der Waals surface area contributed by atoms with Crippen molar-refractivity contribution in [2.24, 2.45) is 0 Å². The van der Waals surface area contributed by atoms with Crippen molar-refractivity contribution in [2.45, 2.75) is 13.1 Å². The van der Waals surface area contributed by atoms with E-state index in [1.807, 2.05) is 6.26 Å². The molecule has 5 nitrogen and oxygen atoms in total. The third kappa shape index (κ3) is 3.92. The zero-order valence-electron chi connectivity index (χ0n) is 12.3. The lowest BCUT2D eigenvalue weighted by atomic mass is 10.1. The van der Waals surface area contributed by atoms with Gasteiger partial charge in [-0.1, -0.05) is 18.0 Å². The molecule has 0 unspecified atom stereocenters. The number of aromatic nitrogens is 2. The normalized spacial score (nSPS) is 11.2. The van der Waals surface area contributed by atoms with Gasteiger partial charge in [0.05, 0.1) is 22.6 Å². The van der Waals surface area contributed by atoms with Crippen molar-refractivity contribution in [3.8, 4) is 0 Å². The van der Waals surface area contributed by atoms with Crippen LogP contribution in [0.3, 0.4) is 0 Å². The molecule has 1 aromatic heterocycles. The Morgan fingerprint density at radius 1 is 1.26 bits per heavy atom. The average molecular weight is 341 g/mol. The van der Waals surface area contributed by atoms with Gasteiger partial charge in [0, 0.05) is 24.2 Å². The number of rotatable bonds is 5. The minimum absolute atomic E-state index is 0.0416. The second kappa shape index (κ2) is 6.86. The fraction of sp³-hybridized carbons (Fsp3) is 0.214. The smallest absolute Gasteiger partial charge is 0.329 e. The Balaban J connectivity index is 2.35. The molecule has 0 spiro atoms. The number of nitrogens with one attached hydrogen (secondary N) is 3. The van der Waals surface area contributed by atoms with E-state index in [9.17, 15) is 13.2 Å². The molecule has 1 aromatic carbocycles. The molecule has 0 aliphatic heterocycles. The summed E-state index contributed by atoms with van der Waals surface area (Å²) in [5, 5.41) is 10.4. The number of benzene rings is 1. The Labute approximate surface area is 135 Å². The van der Waals surface area contributed by atoms with Crippen LogP contribution in [0.5, 0.6) is 0 Å². The van der Waals surface area contributed by atoms with Crippen molar-refractivity contribution in [1.29, 1.82) is 5.41 Å². The van der Waals surface area contributed by atoms with Crippen LogP contribution in [0.25, 0.3) is 0 Å². The van der Waals surface area contributed by atoms with Crippen molar-refractivity contribution >= 4 is 35.5 Å². The van der Waals surface area contributed by atoms with Gasteiger partial charge in [0.25, 0.3) is 0 Å². The van der Waals surface area contributed by atoms with E-state index in [1.165, 1.54) is 18.9 Å². The molecule has 2 aromatic rings. The summed E-state index contributed by atoms with van der Waals surface area (Å²) in [6.45, 7) is 1.28. The van der Waals surface area contributed by atoms with Crippen LogP contribution in [0.2, 0.25) is 0 Å². The molecule has 23 heavy (non-hydrogen) atoms. The summed E-state index contributed by atoms with van der Waals surface area (Å²) in [6, 6.07) is 5.24. The van der Waals surface area contributed by atoms with Crippen LogP contribution >= 0.6 is 11.9 Å². The summed E-state index contributed by atoms with van der Waals surface area (Å²) in [5.74, 6) is 0.0416. The summed E-state index contributed by atoms with van der Waals surface area (Å²) < 4.78 is 41.2. The third-order valence-corrected chi connectivity index (χ3v) is 3.42. The topological polar surface area (TPSA) is 73.7 Å². The van der Waals surface area contributed by atoms with Gasteiger partial charge in [0.2, 0.25) is 5.95 Å². The summed E-state index contributed by atoms with van der Waals surface area (Å²) >= 11 is 1.37. The highest BCUT2D eigenvalue weighted by molar-refractivity contribution is 7.99. The van der Waals surface area contributed by atoms with Crippen LogP contribution in [0, 0.1) is 12.3 Å². The van der Waals surface area contributed by atoms with Crippen LogP contribution in [0.4, 0.5) is 30.5 Å². The average Bonchev–Trinajstić information content (AvgIpc) is 2.46. The van der Waals surface area contributed by atoms with Crippen LogP contribution in [-0.4, -0.2) is 22.4 Å². The molecule has 0 atom stereocenters. The molecule has 0 aliphatic carbocycles. The molecule has 0 saturated carbocycles. The van der Waals surface area contributed by atoms with Crippen LogP contribution in [0.15, 0.2) is 24.4 Å². The number of hydrogen-bond acceptors (Lipinski definition) is 6. The van der Waals surface area contributed by atoms with Gasteiger partial charge in [-0.3, -0.25) is 0 Å². The molecule has 0 radical (unpaired) electrons. The van der Waals surface area contributed by atoms with E-state index in [-0.39, 0.29) is 11.6 Å². The third-order valence-electron chi connectivity index (χ3n) is 2.99. The van der Waals surface area contributed by atoms with Gasteiger partial charge in [0.15, 0.2) is 0 Å². The van der Waals surface area contributed by atoms with Crippen molar-refractivity contribution in [1.82, 2.24) is 9.97 Å². The predicted molar refractivity (Wildman–Crippen MR) is 86.5 cm³/mol. The Bertz CT molecular complexity index is 718. The lowest BCUT2D eigenvalue weighted by Gasteiger charge is -2.14. The highest BCUT2D eigenvalue weighted by atomic mass is 32.2. The minimum atomic E-state index is -4.48. The number of anilines is 3. The van der Waals surface area contributed by atoms with Gasteiger partial charge in [0.1, 0.15) is 0 Å². The molecular weight excluding hydrogens is 327 g/mol. The van der Waals surface area contributed by atoms with E-state index in [2.05, 4.69) is 20.0 Å². The molecule has 0 bridgehead atoms. The van der Waals surface area contributed by atoms with E-state index in [0.717, 1.165) is 12.4 Å². The number of hydrogen-bond donors (Lipinski definition) is 3. The fourth-order valence-corrected chi connectivity index (χ4v) is 2.35. The summed E-state index contributed by atoms with van der Waals surface area (Å²) in [4.78, 5) is 7.55. The molecule has 9 heteroatoms. The summed E-state index contributed by atoms with van der Waals surface area (Å²) in [7, 11) is 0. The number of nitrogens with zero attached hydrogens (tertiary/aromatic N) is 2. The second-order valence-corrected chi connectivity index (χ2v) is 5.15. The maximum absolute atomic E-state index is 12.7. The minimum Gasteiger partial charge on any atom is -0.329 e. The maximum Gasteiger partial charge on any atom is 0.419 e. The summed E-state index contributed by atoms with van der Waals surface area (Å²) in [5.41, 5.74) is 0.764. The number of alkyl halides is 3. The Hall–Kier alpha value is -2.29. The first-order chi connectivity index (χ1) is 10.9. The van der Waals surface area contributed by atoms with Gasteiger partial charge in [-0.05, 0) is 19.1 Å². The zero-order chi connectivity index (χ0) is 17.0. The van der Waals surface area contributed by atoms with Crippen molar-refractivity contribution in [2.75, 3.05) is 16.3 Å². The zero-order valence-corrected chi connectivity index (χ0v) is 13.1. The van der Waals surface area contributed by atoms with Crippen molar-refractivity contribution < 1.29 is 13.2 Å². The van der Waals surface area contributed by atoms with Gasteiger partial charge in [-0.2, -0.15) is 13.2 Å². The van der Waals surface area contributed by atoms with Crippen LogP contribution in [-0.2, 0) is 6.18 Å². The largest absolute Gasteiger partial charge is 0.419 e. The van der Waals surface area contributed by atoms with E-state index < -0.39 is 11.7 Å². The summed E-state index contributed by atoms with van der Waals surface area (Å²) in [6.07, 6.45) is -0.738. The van der Waals surface area contributed by atoms with Crippen LogP contribution < -0.4 is 10.0 Å². The Morgan fingerprint density at radius 2 is 1.96 bits per heavy atom. The predicted octanol–water partition coefficient (Wildman–Crippen LogP) is 4.23. The molecule has 2 rings (SSSR count). The standard InChI is InChI=1S/C14H14F3N5S/c1-8-10(14(15,16)17)7-19-13(20-8)21-11-4-3-5-12(22-23-2)9(11)6-18/h3-7,18,22H,1-2H3,(H,19,20,21). The van der Waals surface area contributed by atoms with Crippen LogP contribution in [0.1, 0.15) is 16.8 Å². The maximum atomic E-state index is 12.7. The van der Waals surface area contributed by atoms with Gasteiger partial charge < -0.3 is 15.4 Å². The van der Waals surface area contributed by atoms with Crippen molar-refractivity contribution in [3.63, 3.8) is 0 Å².